The van der Waals surface area contributed by atoms with E-state index in [1.165, 1.54) is 6.07 Å². The van der Waals surface area contributed by atoms with Crippen LogP contribution in [0.5, 0.6) is 5.75 Å². The number of likely N-dealkylation sites (N-methyl/N-ethyl adjacent to an activating group) is 1. The van der Waals surface area contributed by atoms with Crippen molar-refractivity contribution in [3.63, 3.8) is 0 Å². The smallest absolute Gasteiger partial charge is 0.417 e. The molecule has 2 saturated heterocycles. The third-order valence-corrected chi connectivity index (χ3v) is 6.09. The van der Waals surface area contributed by atoms with Gasteiger partial charge in [0.15, 0.2) is 0 Å². The summed E-state index contributed by atoms with van der Waals surface area (Å²) in [6.07, 6.45) is -2.82. The molecule has 0 amide bonds. The van der Waals surface area contributed by atoms with Crippen molar-refractivity contribution in [3.05, 3.63) is 40.4 Å². The van der Waals surface area contributed by atoms with Crippen LogP contribution >= 0.6 is 11.6 Å². The van der Waals surface area contributed by atoms with E-state index in [1.54, 1.807) is 7.05 Å². The summed E-state index contributed by atoms with van der Waals surface area (Å²) in [6.45, 7) is 0. The zero-order valence-corrected chi connectivity index (χ0v) is 16.1. The van der Waals surface area contributed by atoms with E-state index in [2.05, 4.69) is 0 Å². The molecular formula is C19H19ClF3NO5. The first kappa shape index (κ1) is 21.4. The minimum Gasteiger partial charge on any atom is -0.490 e. The lowest BCUT2D eigenvalue weighted by atomic mass is 9.80. The highest BCUT2D eigenvalue weighted by Gasteiger charge is 2.54. The van der Waals surface area contributed by atoms with Crippen LogP contribution in [-0.4, -0.2) is 51.8 Å². The Balaban J connectivity index is 1.91. The zero-order valence-electron chi connectivity index (χ0n) is 15.4. The third kappa shape index (κ3) is 4.06. The number of carboxylic acid groups (broad SMARTS) is 2. The summed E-state index contributed by atoms with van der Waals surface area (Å²) < 4.78 is 45.1. The molecule has 3 unspecified atom stereocenters. The van der Waals surface area contributed by atoms with Gasteiger partial charge in [-0.3, -0.25) is 4.90 Å². The molecule has 158 valence electrons. The van der Waals surface area contributed by atoms with Gasteiger partial charge in [-0.05, 0) is 44.5 Å². The molecule has 0 radical (unpaired) electrons. The molecule has 2 bridgehead atoms. The number of benzene rings is 1. The van der Waals surface area contributed by atoms with Crippen molar-refractivity contribution >= 4 is 23.5 Å². The number of hydrogen-bond acceptors (Lipinski definition) is 4. The van der Waals surface area contributed by atoms with Crippen molar-refractivity contribution in [2.75, 3.05) is 7.05 Å². The summed E-state index contributed by atoms with van der Waals surface area (Å²) in [4.78, 5) is 24.8. The molecule has 2 aliphatic rings. The Morgan fingerprint density at radius 3 is 2.62 bits per heavy atom. The second-order valence-electron chi connectivity index (χ2n) is 7.36. The van der Waals surface area contributed by atoms with Crippen LogP contribution in [0.2, 0.25) is 5.02 Å². The number of fused-ring (bicyclic) bond motifs is 2. The molecule has 0 saturated carbocycles. The van der Waals surface area contributed by atoms with Crippen molar-refractivity contribution < 1.29 is 37.7 Å². The summed E-state index contributed by atoms with van der Waals surface area (Å²) in [5.41, 5.74) is -2.33. The van der Waals surface area contributed by atoms with E-state index in [0.29, 0.717) is 25.3 Å². The summed E-state index contributed by atoms with van der Waals surface area (Å²) in [5, 5.41) is 18.3. The summed E-state index contributed by atoms with van der Waals surface area (Å²) in [7, 11) is 1.73. The molecule has 2 heterocycles. The Hall–Kier alpha value is -2.26. The van der Waals surface area contributed by atoms with Gasteiger partial charge in [-0.15, -0.1) is 0 Å². The number of carbonyl (C=O) groups is 2. The second kappa shape index (κ2) is 7.53. The molecular weight excluding hydrogens is 415 g/mol. The summed E-state index contributed by atoms with van der Waals surface area (Å²) >= 11 is 5.64. The monoisotopic (exact) mass is 433 g/mol. The van der Waals surface area contributed by atoms with E-state index in [9.17, 15) is 27.9 Å². The van der Waals surface area contributed by atoms with E-state index in [1.807, 2.05) is 4.90 Å². The minimum absolute atomic E-state index is 0.0232. The second-order valence-corrected chi connectivity index (χ2v) is 7.76. The number of ether oxygens (including phenoxy) is 1. The highest BCUT2D eigenvalue weighted by atomic mass is 35.5. The van der Waals surface area contributed by atoms with Crippen molar-refractivity contribution in [3.8, 4) is 5.75 Å². The standard InChI is InChI=1S/C19H19ClF3NO5/c1-24-10-4-5-18(24,14(17(27)28)8-16(25)26)9-12(6-10)29-11-2-3-15(20)13(7-11)19(21,22)23/h2-3,7-8,10,12H,4-6,9H2,1H3,(H,25,26)(H,27,28)/b14-8-. The van der Waals surface area contributed by atoms with Gasteiger partial charge in [0.2, 0.25) is 0 Å². The topological polar surface area (TPSA) is 87.1 Å². The number of rotatable bonds is 5. The Kier molecular flexibility index (Phi) is 5.57. The maximum absolute atomic E-state index is 13.1. The van der Waals surface area contributed by atoms with Gasteiger partial charge in [0, 0.05) is 18.5 Å². The first-order valence-electron chi connectivity index (χ1n) is 8.89. The van der Waals surface area contributed by atoms with E-state index in [-0.39, 0.29) is 23.8 Å². The van der Waals surface area contributed by atoms with Crippen LogP contribution in [0.1, 0.15) is 31.2 Å². The normalized spacial score (nSPS) is 27.7. The van der Waals surface area contributed by atoms with Gasteiger partial charge in [0.1, 0.15) is 11.9 Å². The molecule has 10 heteroatoms. The van der Waals surface area contributed by atoms with Crippen molar-refractivity contribution in [1.82, 2.24) is 4.90 Å². The van der Waals surface area contributed by atoms with E-state index in [0.717, 1.165) is 12.1 Å². The average Bonchev–Trinajstić information content (AvgIpc) is 2.79. The molecule has 0 aromatic heterocycles. The maximum Gasteiger partial charge on any atom is 0.417 e. The number of alkyl halides is 3. The van der Waals surface area contributed by atoms with Gasteiger partial charge in [-0.1, -0.05) is 11.6 Å². The molecule has 1 aromatic carbocycles. The Morgan fingerprint density at radius 1 is 1.34 bits per heavy atom. The number of halogens is 4. The molecule has 3 atom stereocenters. The van der Waals surface area contributed by atoms with Gasteiger partial charge in [0.05, 0.1) is 21.7 Å². The van der Waals surface area contributed by atoms with Crippen molar-refractivity contribution in [1.29, 1.82) is 0 Å². The lowest BCUT2D eigenvalue weighted by molar-refractivity contribution is -0.138. The number of piperidine rings is 1. The van der Waals surface area contributed by atoms with E-state index < -0.39 is 40.3 Å². The molecule has 0 spiro atoms. The molecule has 1 aromatic rings. The predicted molar refractivity (Wildman–Crippen MR) is 97.0 cm³/mol. The molecule has 3 rings (SSSR count). The Morgan fingerprint density at radius 2 is 2.03 bits per heavy atom. The number of hydrogen-bond donors (Lipinski definition) is 2. The molecule has 29 heavy (non-hydrogen) atoms. The third-order valence-electron chi connectivity index (χ3n) is 5.76. The van der Waals surface area contributed by atoms with Crippen LogP contribution in [0.3, 0.4) is 0 Å². The van der Waals surface area contributed by atoms with Gasteiger partial charge in [-0.2, -0.15) is 13.2 Å². The molecule has 2 aliphatic heterocycles. The summed E-state index contributed by atoms with van der Waals surface area (Å²) in [6, 6.07) is 3.18. The SMILES string of the molecule is CN1C2CCC1(/C(=C\C(=O)O)C(=O)O)CC(Oc1ccc(Cl)c(C(F)(F)F)c1)C2. The number of aliphatic carboxylic acids is 2. The highest BCUT2D eigenvalue weighted by molar-refractivity contribution is 6.31. The average molecular weight is 434 g/mol. The van der Waals surface area contributed by atoms with Crippen LogP contribution in [-0.2, 0) is 15.8 Å². The van der Waals surface area contributed by atoms with Gasteiger partial charge in [0.25, 0.3) is 0 Å². The first-order chi connectivity index (χ1) is 13.4. The molecule has 6 nitrogen and oxygen atoms in total. The van der Waals surface area contributed by atoms with E-state index in [4.69, 9.17) is 21.4 Å². The minimum atomic E-state index is -4.63. The fourth-order valence-corrected chi connectivity index (χ4v) is 4.67. The zero-order chi connectivity index (χ0) is 21.6. The maximum atomic E-state index is 13.1. The first-order valence-corrected chi connectivity index (χ1v) is 9.26. The van der Waals surface area contributed by atoms with Gasteiger partial charge >= 0.3 is 18.1 Å². The van der Waals surface area contributed by atoms with E-state index >= 15 is 0 Å². The van der Waals surface area contributed by atoms with Crippen LogP contribution in [0.25, 0.3) is 0 Å². The summed E-state index contributed by atoms with van der Waals surface area (Å²) in [5.74, 6) is -2.74. The number of nitrogens with zero attached hydrogens (tertiary/aromatic N) is 1. The molecule has 2 N–H and O–H groups in total. The fraction of sp³-hybridized carbons (Fsp3) is 0.474. The van der Waals surface area contributed by atoms with Crippen LogP contribution in [0, 0.1) is 0 Å². The van der Waals surface area contributed by atoms with Crippen molar-refractivity contribution in [2.24, 2.45) is 0 Å². The quantitative estimate of drug-likeness (QED) is 0.686. The Labute approximate surface area is 169 Å². The Bertz CT molecular complexity index is 872. The van der Waals surface area contributed by atoms with Gasteiger partial charge < -0.3 is 14.9 Å². The predicted octanol–water partition coefficient (Wildman–Crippen LogP) is 3.83. The van der Waals surface area contributed by atoms with Gasteiger partial charge in [-0.25, -0.2) is 9.59 Å². The fourth-order valence-electron chi connectivity index (χ4n) is 4.44. The van der Waals surface area contributed by atoms with Crippen LogP contribution in [0.4, 0.5) is 13.2 Å². The molecule has 0 aliphatic carbocycles. The lowest BCUT2D eigenvalue weighted by Crippen LogP contribution is -2.55. The number of carboxylic acids is 2. The highest BCUT2D eigenvalue weighted by Crippen LogP contribution is 2.48. The van der Waals surface area contributed by atoms with Crippen LogP contribution in [0.15, 0.2) is 29.8 Å². The van der Waals surface area contributed by atoms with Crippen molar-refractivity contribution in [2.45, 2.75) is 49.5 Å². The van der Waals surface area contributed by atoms with Crippen LogP contribution < -0.4 is 4.74 Å². The molecule has 2 fully saturated rings. The lowest BCUT2D eigenvalue weighted by Gasteiger charge is -2.46. The largest absolute Gasteiger partial charge is 0.490 e.